The largest absolute Gasteiger partial charge is 0.456 e. The molecule has 7 nitrogen and oxygen atoms in total. The summed E-state index contributed by atoms with van der Waals surface area (Å²) in [5.41, 5.74) is 1.99. The van der Waals surface area contributed by atoms with Gasteiger partial charge >= 0.3 is 5.97 Å². The fourth-order valence-electron chi connectivity index (χ4n) is 5.09. The number of hydrogen-bond acceptors (Lipinski definition) is 6. The molecule has 0 N–H and O–H groups in total. The zero-order chi connectivity index (χ0) is 28.3. The van der Waals surface area contributed by atoms with Crippen LogP contribution in [0.3, 0.4) is 0 Å². The Kier molecular flexibility index (Phi) is 8.68. The van der Waals surface area contributed by atoms with Gasteiger partial charge in [-0.1, -0.05) is 24.4 Å². The van der Waals surface area contributed by atoms with Gasteiger partial charge in [-0.3, -0.25) is 14.3 Å². The van der Waals surface area contributed by atoms with Crippen molar-refractivity contribution in [1.82, 2.24) is 14.5 Å². The fourth-order valence-corrected chi connectivity index (χ4v) is 5.31. The number of terminal acetylenes is 1. The van der Waals surface area contributed by atoms with Crippen molar-refractivity contribution in [2.75, 3.05) is 18.0 Å². The number of carbonyl (C=O) groups is 1. The van der Waals surface area contributed by atoms with E-state index in [9.17, 15) is 9.59 Å². The summed E-state index contributed by atoms with van der Waals surface area (Å²) in [6.07, 6.45) is 9.13. The minimum absolute atomic E-state index is 0.0922. The second-order valence-corrected chi connectivity index (χ2v) is 11.5. The van der Waals surface area contributed by atoms with Gasteiger partial charge in [-0.15, -0.1) is 6.42 Å². The first kappa shape index (κ1) is 28.7. The number of fused-ring (bicyclic) bond motifs is 1. The number of anilines is 1. The normalized spacial score (nSPS) is 15.9. The van der Waals surface area contributed by atoms with Crippen LogP contribution in [-0.2, 0) is 24.9 Å². The number of nitrogens with zero attached hydrogens (tertiary/aromatic N) is 4. The van der Waals surface area contributed by atoms with Crippen molar-refractivity contribution in [2.24, 2.45) is 7.05 Å². The molecule has 0 aliphatic carbocycles. The zero-order valence-corrected chi connectivity index (χ0v) is 24.2. The monoisotopic (exact) mass is 548 g/mol. The summed E-state index contributed by atoms with van der Waals surface area (Å²) in [5, 5.41) is 1.05. The van der Waals surface area contributed by atoms with Gasteiger partial charge in [0.25, 0.3) is 5.56 Å². The third kappa shape index (κ3) is 6.63. The van der Waals surface area contributed by atoms with Crippen molar-refractivity contribution in [3.8, 4) is 12.3 Å². The summed E-state index contributed by atoms with van der Waals surface area (Å²) in [7, 11) is 1.78. The van der Waals surface area contributed by atoms with Crippen LogP contribution in [0.25, 0.3) is 10.9 Å². The Bertz CT molecular complexity index is 1450. The Balaban J connectivity index is 1.60. The molecule has 1 fully saturated rings. The maximum atomic E-state index is 13.4. The third-order valence-corrected chi connectivity index (χ3v) is 7.51. The molecule has 39 heavy (non-hydrogen) atoms. The molecule has 3 aromatic rings. The highest BCUT2D eigenvalue weighted by atomic mass is 35.5. The minimum atomic E-state index is -0.573. The SMILES string of the molecule is C#CCN(Cc1cc2c(=O)n(C)c(CN3CCC[C@H]3CC)nc2cc1Cl)c1ccc(C(=O)OC(C)(C)C)cc1. The van der Waals surface area contributed by atoms with Crippen LogP contribution in [0.4, 0.5) is 5.69 Å². The Hall–Kier alpha value is -3.34. The highest BCUT2D eigenvalue weighted by Crippen LogP contribution is 2.27. The van der Waals surface area contributed by atoms with Crippen molar-refractivity contribution >= 4 is 34.2 Å². The van der Waals surface area contributed by atoms with Crippen molar-refractivity contribution in [1.29, 1.82) is 0 Å². The molecule has 1 atom stereocenters. The molecule has 1 aromatic heterocycles. The molecular formula is C31H37ClN4O3. The van der Waals surface area contributed by atoms with E-state index in [1.165, 1.54) is 12.8 Å². The Morgan fingerprint density at radius 1 is 1.26 bits per heavy atom. The molecule has 1 aliphatic rings. The average Bonchev–Trinajstić information content (AvgIpc) is 3.34. The van der Waals surface area contributed by atoms with Gasteiger partial charge in [0.15, 0.2) is 0 Å². The number of rotatable bonds is 8. The van der Waals surface area contributed by atoms with Gasteiger partial charge in [-0.2, -0.15) is 0 Å². The predicted molar refractivity (Wildman–Crippen MR) is 157 cm³/mol. The second-order valence-electron chi connectivity index (χ2n) is 11.1. The van der Waals surface area contributed by atoms with Crippen molar-refractivity contribution in [3.63, 3.8) is 0 Å². The quantitative estimate of drug-likeness (QED) is 0.271. The Morgan fingerprint density at radius 3 is 2.62 bits per heavy atom. The first-order chi connectivity index (χ1) is 18.5. The second kappa shape index (κ2) is 11.8. The van der Waals surface area contributed by atoms with Crippen LogP contribution < -0.4 is 10.5 Å². The lowest BCUT2D eigenvalue weighted by atomic mass is 10.1. The molecule has 8 heteroatoms. The number of benzene rings is 2. The highest BCUT2D eigenvalue weighted by Gasteiger charge is 2.25. The Morgan fingerprint density at radius 2 is 1.97 bits per heavy atom. The van der Waals surface area contributed by atoms with Gasteiger partial charge in [-0.05, 0) is 88.5 Å². The van der Waals surface area contributed by atoms with E-state index in [0.717, 1.165) is 30.0 Å². The summed E-state index contributed by atoms with van der Waals surface area (Å²) in [6, 6.07) is 11.2. The lowest BCUT2D eigenvalue weighted by Crippen LogP contribution is -2.32. The molecule has 0 bridgehead atoms. The van der Waals surface area contributed by atoms with E-state index in [4.69, 9.17) is 27.7 Å². The number of likely N-dealkylation sites (tertiary alicyclic amines) is 1. The third-order valence-electron chi connectivity index (χ3n) is 7.16. The molecule has 0 unspecified atom stereocenters. The van der Waals surface area contributed by atoms with E-state index in [1.807, 2.05) is 43.9 Å². The van der Waals surface area contributed by atoms with Gasteiger partial charge in [0.1, 0.15) is 11.4 Å². The van der Waals surface area contributed by atoms with Gasteiger partial charge in [0, 0.05) is 30.3 Å². The van der Waals surface area contributed by atoms with Gasteiger partial charge < -0.3 is 9.64 Å². The molecule has 1 aliphatic heterocycles. The van der Waals surface area contributed by atoms with E-state index in [1.54, 1.807) is 29.8 Å². The lowest BCUT2D eigenvalue weighted by molar-refractivity contribution is 0.00695. The maximum Gasteiger partial charge on any atom is 0.338 e. The smallest absolute Gasteiger partial charge is 0.338 e. The predicted octanol–water partition coefficient (Wildman–Crippen LogP) is 5.56. The molecule has 206 valence electrons. The number of ether oxygens (including phenoxy) is 1. The topological polar surface area (TPSA) is 67.7 Å². The van der Waals surface area contributed by atoms with E-state index in [0.29, 0.717) is 47.2 Å². The summed E-state index contributed by atoms with van der Waals surface area (Å²) in [4.78, 5) is 35.0. The number of esters is 1. The van der Waals surface area contributed by atoms with Gasteiger partial charge in [0.05, 0.1) is 29.6 Å². The van der Waals surface area contributed by atoms with E-state index >= 15 is 0 Å². The minimum Gasteiger partial charge on any atom is -0.456 e. The molecule has 2 aromatic carbocycles. The van der Waals surface area contributed by atoms with E-state index < -0.39 is 5.60 Å². The molecule has 0 saturated carbocycles. The van der Waals surface area contributed by atoms with Crippen molar-refractivity contribution < 1.29 is 9.53 Å². The number of halogens is 1. The molecule has 2 heterocycles. The maximum absolute atomic E-state index is 13.4. The molecule has 1 saturated heterocycles. The van der Waals surface area contributed by atoms with Crippen LogP contribution in [0.1, 0.15) is 68.7 Å². The molecular weight excluding hydrogens is 512 g/mol. The molecule has 0 spiro atoms. The first-order valence-corrected chi connectivity index (χ1v) is 13.8. The molecule has 0 radical (unpaired) electrons. The Labute approximate surface area is 235 Å². The summed E-state index contributed by atoms with van der Waals surface area (Å²) >= 11 is 6.72. The van der Waals surface area contributed by atoms with Crippen LogP contribution in [0.15, 0.2) is 41.2 Å². The van der Waals surface area contributed by atoms with Crippen LogP contribution >= 0.6 is 11.6 Å². The van der Waals surface area contributed by atoms with Gasteiger partial charge in [0.2, 0.25) is 0 Å². The van der Waals surface area contributed by atoms with Crippen LogP contribution in [0.5, 0.6) is 0 Å². The van der Waals surface area contributed by atoms with Crippen molar-refractivity contribution in [2.45, 2.75) is 71.7 Å². The summed E-state index contributed by atoms with van der Waals surface area (Å²) in [6.45, 7) is 10.1. The van der Waals surface area contributed by atoms with Crippen molar-refractivity contribution in [3.05, 3.63) is 68.7 Å². The lowest BCUT2D eigenvalue weighted by Gasteiger charge is -2.25. The zero-order valence-electron chi connectivity index (χ0n) is 23.5. The standard InChI is InChI=1S/C31H37ClN4O3/c1-7-15-35(24-13-11-21(12-14-24)30(38)39-31(3,4)5)19-22-17-25-27(18-26(22)32)33-28(34(6)29(25)37)20-36-16-9-10-23(36)8-2/h1,11-14,17-18,23H,8-10,15-16,19-20H2,2-6H3/t23-/m1/s1. The summed E-state index contributed by atoms with van der Waals surface area (Å²) in [5.74, 6) is 3.05. The fraction of sp³-hybridized carbons (Fsp3) is 0.452. The van der Waals surface area contributed by atoms with Crippen LogP contribution in [0, 0.1) is 12.3 Å². The highest BCUT2D eigenvalue weighted by molar-refractivity contribution is 6.32. The summed E-state index contributed by atoms with van der Waals surface area (Å²) < 4.78 is 7.11. The number of hydrogen-bond donors (Lipinski definition) is 0. The van der Waals surface area contributed by atoms with Crippen LogP contribution in [0.2, 0.25) is 5.02 Å². The van der Waals surface area contributed by atoms with Gasteiger partial charge in [-0.25, -0.2) is 9.78 Å². The molecule has 4 rings (SSSR count). The van der Waals surface area contributed by atoms with Crippen LogP contribution in [-0.4, -0.2) is 45.2 Å². The van der Waals surface area contributed by atoms with E-state index in [-0.39, 0.29) is 11.5 Å². The number of aromatic nitrogens is 2. The number of carbonyl (C=O) groups excluding carboxylic acids is 1. The first-order valence-electron chi connectivity index (χ1n) is 13.4. The average molecular weight is 549 g/mol. The molecule has 0 amide bonds. The van der Waals surface area contributed by atoms with E-state index in [2.05, 4.69) is 17.7 Å².